The standard InChI is InChI=1S/C18H24N2O/c1-14(2)20(13-16-8-4-5-10-18(16)19)12-15-7-6-9-17(11-15)21-3/h4-11,14H,12-13,19H2,1-3H3. The number of anilines is 1. The molecule has 2 aromatic carbocycles. The van der Waals surface area contributed by atoms with Crippen LogP contribution in [-0.2, 0) is 13.1 Å². The summed E-state index contributed by atoms with van der Waals surface area (Å²) in [6, 6.07) is 16.7. The molecule has 0 aromatic heterocycles. The number of methoxy groups -OCH3 is 1. The third kappa shape index (κ3) is 4.23. The van der Waals surface area contributed by atoms with E-state index >= 15 is 0 Å². The molecule has 2 aromatic rings. The third-order valence-electron chi connectivity index (χ3n) is 3.68. The first kappa shape index (κ1) is 15.4. The van der Waals surface area contributed by atoms with E-state index in [0.29, 0.717) is 6.04 Å². The smallest absolute Gasteiger partial charge is 0.119 e. The molecular weight excluding hydrogens is 260 g/mol. The highest BCUT2D eigenvalue weighted by atomic mass is 16.5. The van der Waals surface area contributed by atoms with Crippen molar-refractivity contribution < 1.29 is 4.74 Å². The highest BCUT2D eigenvalue weighted by molar-refractivity contribution is 5.46. The fourth-order valence-electron chi connectivity index (χ4n) is 2.32. The largest absolute Gasteiger partial charge is 0.497 e. The van der Waals surface area contributed by atoms with Gasteiger partial charge in [0, 0.05) is 24.8 Å². The first-order chi connectivity index (χ1) is 10.1. The van der Waals surface area contributed by atoms with Crippen LogP contribution in [0.5, 0.6) is 5.75 Å². The number of hydrogen-bond donors (Lipinski definition) is 1. The lowest BCUT2D eigenvalue weighted by molar-refractivity contribution is 0.204. The van der Waals surface area contributed by atoms with Gasteiger partial charge in [-0.3, -0.25) is 4.90 Å². The van der Waals surface area contributed by atoms with E-state index in [9.17, 15) is 0 Å². The van der Waals surface area contributed by atoms with Crippen molar-refractivity contribution in [2.24, 2.45) is 0 Å². The highest BCUT2D eigenvalue weighted by Gasteiger charge is 2.12. The summed E-state index contributed by atoms with van der Waals surface area (Å²) in [7, 11) is 1.70. The van der Waals surface area contributed by atoms with E-state index in [1.807, 2.05) is 30.3 Å². The van der Waals surface area contributed by atoms with Crippen LogP contribution in [0.1, 0.15) is 25.0 Å². The van der Waals surface area contributed by atoms with Gasteiger partial charge in [-0.15, -0.1) is 0 Å². The fourth-order valence-corrected chi connectivity index (χ4v) is 2.32. The molecule has 0 aliphatic heterocycles. The van der Waals surface area contributed by atoms with Crippen LogP contribution in [-0.4, -0.2) is 18.1 Å². The molecule has 0 spiro atoms. The monoisotopic (exact) mass is 284 g/mol. The van der Waals surface area contributed by atoms with Crippen molar-refractivity contribution in [1.29, 1.82) is 0 Å². The predicted octanol–water partition coefficient (Wildman–Crippen LogP) is 3.69. The molecule has 0 radical (unpaired) electrons. The zero-order valence-corrected chi connectivity index (χ0v) is 13.0. The highest BCUT2D eigenvalue weighted by Crippen LogP contribution is 2.19. The van der Waals surface area contributed by atoms with Crippen LogP contribution < -0.4 is 10.5 Å². The number of nitrogens with zero attached hydrogens (tertiary/aromatic N) is 1. The Morgan fingerprint density at radius 1 is 1.05 bits per heavy atom. The summed E-state index contributed by atoms with van der Waals surface area (Å²) in [6.07, 6.45) is 0. The second-order valence-corrected chi connectivity index (χ2v) is 5.55. The van der Waals surface area contributed by atoms with E-state index in [2.05, 4.69) is 36.9 Å². The van der Waals surface area contributed by atoms with Gasteiger partial charge in [0.1, 0.15) is 5.75 Å². The number of benzene rings is 2. The number of para-hydroxylation sites is 1. The Bertz CT molecular complexity index is 581. The molecule has 0 fully saturated rings. The molecule has 0 saturated carbocycles. The summed E-state index contributed by atoms with van der Waals surface area (Å²) < 4.78 is 5.30. The maximum Gasteiger partial charge on any atom is 0.119 e. The SMILES string of the molecule is COc1cccc(CN(Cc2ccccc2N)C(C)C)c1. The summed E-state index contributed by atoms with van der Waals surface area (Å²) in [4.78, 5) is 2.40. The molecule has 0 aliphatic carbocycles. The molecular formula is C18H24N2O. The molecule has 0 saturated heterocycles. The van der Waals surface area contributed by atoms with Gasteiger partial charge in [0.15, 0.2) is 0 Å². The van der Waals surface area contributed by atoms with E-state index in [-0.39, 0.29) is 0 Å². The van der Waals surface area contributed by atoms with Crippen LogP contribution >= 0.6 is 0 Å². The van der Waals surface area contributed by atoms with Crippen LogP contribution in [0.15, 0.2) is 48.5 Å². The summed E-state index contributed by atoms with van der Waals surface area (Å²) >= 11 is 0. The Hall–Kier alpha value is -2.00. The third-order valence-corrected chi connectivity index (χ3v) is 3.68. The van der Waals surface area contributed by atoms with Gasteiger partial charge < -0.3 is 10.5 Å². The average molecular weight is 284 g/mol. The maximum absolute atomic E-state index is 6.06. The Labute approximate surface area is 127 Å². The second kappa shape index (κ2) is 7.14. The summed E-state index contributed by atoms with van der Waals surface area (Å²) in [5, 5.41) is 0. The van der Waals surface area contributed by atoms with Crippen LogP contribution in [0.4, 0.5) is 5.69 Å². The van der Waals surface area contributed by atoms with Gasteiger partial charge in [-0.1, -0.05) is 30.3 Å². The Morgan fingerprint density at radius 3 is 2.48 bits per heavy atom. The first-order valence-electron chi connectivity index (χ1n) is 7.30. The fraction of sp³-hybridized carbons (Fsp3) is 0.333. The van der Waals surface area contributed by atoms with Gasteiger partial charge in [-0.25, -0.2) is 0 Å². The van der Waals surface area contributed by atoms with Crippen molar-refractivity contribution in [1.82, 2.24) is 4.90 Å². The topological polar surface area (TPSA) is 38.5 Å². The molecule has 21 heavy (non-hydrogen) atoms. The number of ether oxygens (including phenoxy) is 1. The molecule has 3 nitrogen and oxygen atoms in total. The summed E-state index contributed by atoms with van der Waals surface area (Å²) in [5.74, 6) is 0.899. The lowest BCUT2D eigenvalue weighted by Gasteiger charge is -2.27. The summed E-state index contributed by atoms with van der Waals surface area (Å²) in [5.41, 5.74) is 9.34. The van der Waals surface area contributed by atoms with Crippen LogP contribution in [0, 0.1) is 0 Å². The number of nitrogens with two attached hydrogens (primary N) is 1. The van der Waals surface area contributed by atoms with Gasteiger partial charge in [0.05, 0.1) is 7.11 Å². The van der Waals surface area contributed by atoms with Crippen molar-refractivity contribution in [2.75, 3.05) is 12.8 Å². The average Bonchev–Trinajstić information content (AvgIpc) is 2.49. The maximum atomic E-state index is 6.06. The van der Waals surface area contributed by atoms with Crippen molar-refractivity contribution >= 4 is 5.69 Å². The van der Waals surface area contributed by atoms with E-state index < -0.39 is 0 Å². The van der Waals surface area contributed by atoms with Gasteiger partial charge in [-0.05, 0) is 43.2 Å². The molecule has 112 valence electrons. The van der Waals surface area contributed by atoms with Crippen molar-refractivity contribution in [2.45, 2.75) is 33.0 Å². The molecule has 0 amide bonds. The van der Waals surface area contributed by atoms with E-state index in [1.165, 1.54) is 11.1 Å². The minimum absolute atomic E-state index is 0.441. The molecule has 0 heterocycles. The number of hydrogen-bond acceptors (Lipinski definition) is 3. The van der Waals surface area contributed by atoms with E-state index in [1.54, 1.807) is 7.11 Å². The number of nitrogen functional groups attached to an aromatic ring is 1. The quantitative estimate of drug-likeness (QED) is 0.822. The van der Waals surface area contributed by atoms with Gasteiger partial charge in [0.25, 0.3) is 0 Å². The van der Waals surface area contributed by atoms with E-state index in [4.69, 9.17) is 10.5 Å². The Kier molecular flexibility index (Phi) is 5.23. The normalized spacial score (nSPS) is 11.1. The lowest BCUT2D eigenvalue weighted by Crippen LogP contribution is -2.30. The van der Waals surface area contributed by atoms with Crippen molar-refractivity contribution in [3.63, 3.8) is 0 Å². The van der Waals surface area contributed by atoms with Crippen molar-refractivity contribution in [3.8, 4) is 5.75 Å². The van der Waals surface area contributed by atoms with Crippen LogP contribution in [0.2, 0.25) is 0 Å². The zero-order chi connectivity index (χ0) is 15.2. The molecule has 2 N–H and O–H groups in total. The summed E-state index contributed by atoms with van der Waals surface area (Å²) in [6.45, 7) is 6.14. The minimum Gasteiger partial charge on any atom is -0.497 e. The van der Waals surface area contributed by atoms with Crippen LogP contribution in [0.25, 0.3) is 0 Å². The number of rotatable bonds is 6. The molecule has 0 atom stereocenters. The molecule has 3 heteroatoms. The molecule has 0 bridgehead atoms. The van der Waals surface area contributed by atoms with E-state index in [0.717, 1.165) is 24.5 Å². The Morgan fingerprint density at radius 2 is 1.81 bits per heavy atom. The Balaban J connectivity index is 2.14. The zero-order valence-electron chi connectivity index (χ0n) is 13.0. The minimum atomic E-state index is 0.441. The van der Waals surface area contributed by atoms with Gasteiger partial charge in [-0.2, -0.15) is 0 Å². The molecule has 0 unspecified atom stereocenters. The molecule has 2 rings (SSSR count). The predicted molar refractivity (Wildman–Crippen MR) is 88.2 cm³/mol. The lowest BCUT2D eigenvalue weighted by atomic mass is 10.1. The van der Waals surface area contributed by atoms with Gasteiger partial charge in [0.2, 0.25) is 0 Å². The first-order valence-corrected chi connectivity index (χ1v) is 7.30. The molecule has 0 aliphatic rings. The van der Waals surface area contributed by atoms with Crippen LogP contribution in [0.3, 0.4) is 0 Å². The van der Waals surface area contributed by atoms with Gasteiger partial charge >= 0.3 is 0 Å². The van der Waals surface area contributed by atoms with Crippen molar-refractivity contribution in [3.05, 3.63) is 59.7 Å². The second-order valence-electron chi connectivity index (χ2n) is 5.55.